The van der Waals surface area contributed by atoms with Gasteiger partial charge in [-0.15, -0.1) is 0 Å². The molecule has 0 aromatic heterocycles. The average molecular weight is 397 g/mol. The lowest BCUT2D eigenvalue weighted by atomic mass is 10.2. The molecule has 0 fully saturated rings. The van der Waals surface area contributed by atoms with Crippen LogP contribution in [0.1, 0.15) is 26.3 Å². The molecule has 0 unspecified atom stereocenters. The number of benzene rings is 2. The quantitative estimate of drug-likeness (QED) is 0.743. The van der Waals surface area contributed by atoms with E-state index in [1.54, 1.807) is 38.1 Å². The number of rotatable bonds is 8. The van der Waals surface area contributed by atoms with Crippen molar-refractivity contribution in [2.75, 3.05) is 17.8 Å². The number of nitrogens with zero attached hydrogens (tertiary/aromatic N) is 1. The van der Waals surface area contributed by atoms with Crippen molar-refractivity contribution in [1.29, 1.82) is 0 Å². The molecule has 2 aromatic rings. The molecule has 0 aliphatic heterocycles. The van der Waals surface area contributed by atoms with E-state index in [9.17, 15) is 16.8 Å². The lowest BCUT2D eigenvalue weighted by Gasteiger charge is -2.18. The second-order valence-corrected chi connectivity index (χ2v) is 9.34. The van der Waals surface area contributed by atoms with Crippen LogP contribution in [0, 0.1) is 0 Å². The maximum Gasteiger partial charge on any atom is 0.261 e. The molecule has 2 aromatic carbocycles. The third-order valence-corrected chi connectivity index (χ3v) is 7.55. The van der Waals surface area contributed by atoms with Gasteiger partial charge >= 0.3 is 0 Å². The van der Waals surface area contributed by atoms with Crippen LogP contribution in [0.5, 0.6) is 0 Å². The van der Waals surface area contributed by atoms with Gasteiger partial charge in [0.05, 0.1) is 9.79 Å². The summed E-state index contributed by atoms with van der Waals surface area (Å²) in [4.78, 5) is 0.297. The molecule has 0 amide bonds. The Balaban J connectivity index is 2.23. The van der Waals surface area contributed by atoms with E-state index in [2.05, 4.69) is 4.72 Å². The Morgan fingerprint density at radius 1 is 0.769 bits per heavy atom. The van der Waals surface area contributed by atoms with Gasteiger partial charge in [0, 0.05) is 18.8 Å². The van der Waals surface area contributed by atoms with E-state index in [0.717, 1.165) is 12.0 Å². The van der Waals surface area contributed by atoms with Crippen molar-refractivity contribution in [3.05, 3.63) is 54.1 Å². The largest absolute Gasteiger partial charge is 0.280 e. The molecule has 6 nitrogen and oxygen atoms in total. The van der Waals surface area contributed by atoms with Gasteiger partial charge in [0.25, 0.3) is 10.0 Å². The van der Waals surface area contributed by atoms with Crippen LogP contribution in [0.25, 0.3) is 0 Å². The van der Waals surface area contributed by atoms with Crippen molar-refractivity contribution in [3.8, 4) is 0 Å². The van der Waals surface area contributed by atoms with Crippen molar-refractivity contribution >= 4 is 25.7 Å². The van der Waals surface area contributed by atoms with Crippen LogP contribution >= 0.6 is 0 Å². The molecule has 0 saturated heterocycles. The van der Waals surface area contributed by atoms with Crippen LogP contribution in [0.15, 0.2) is 58.3 Å². The predicted octanol–water partition coefficient (Wildman–Crippen LogP) is 3.08. The number of hydrogen-bond donors (Lipinski definition) is 1. The van der Waals surface area contributed by atoms with E-state index in [1.165, 1.54) is 28.6 Å². The van der Waals surface area contributed by atoms with Crippen LogP contribution in [0.3, 0.4) is 0 Å². The van der Waals surface area contributed by atoms with Crippen LogP contribution < -0.4 is 4.72 Å². The van der Waals surface area contributed by atoms with E-state index in [1.807, 2.05) is 6.92 Å². The standard InChI is InChI=1S/C18H24N2O4S2/c1-4-15-7-11-17(12-8-15)25(21,22)19-16-9-13-18(14-10-16)26(23,24)20(5-2)6-3/h7-14,19H,4-6H2,1-3H3. The minimum atomic E-state index is -3.72. The van der Waals surface area contributed by atoms with Crippen LogP contribution in [0.4, 0.5) is 5.69 Å². The fourth-order valence-electron chi connectivity index (χ4n) is 2.53. The van der Waals surface area contributed by atoms with Crippen molar-refractivity contribution in [2.24, 2.45) is 0 Å². The number of anilines is 1. The summed E-state index contributed by atoms with van der Waals surface area (Å²) in [6, 6.07) is 12.4. The second kappa shape index (κ2) is 8.20. The minimum absolute atomic E-state index is 0.136. The highest BCUT2D eigenvalue weighted by Crippen LogP contribution is 2.21. The molecule has 0 spiro atoms. The zero-order valence-electron chi connectivity index (χ0n) is 15.1. The molecule has 2 rings (SSSR count). The summed E-state index contributed by atoms with van der Waals surface area (Å²) in [5.41, 5.74) is 1.36. The first kappa shape index (κ1) is 20.4. The summed E-state index contributed by atoms with van der Waals surface area (Å²) in [6.07, 6.45) is 0.830. The first-order valence-corrected chi connectivity index (χ1v) is 11.4. The van der Waals surface area contributed by atoms with E-state index < -0.39 is 20.0 Å². The highest BCUT2D eigenvalue weighted by molar-refractivity contribution is 7.92. The number of hydrogen-bond acceptors (Lipinski definition) is 4. The maximum absolute atomic E-state index is 12.5. The normalized spacial score (nSPS) is 12.3. The van der Waals surface area contributed by atoms with Gasteiger partial charge in [-0.1, -0.05) is 32.9 Å². The Kier molecular flexibility index (Phi) is 6.44. The molecule has 0 bridgehead atoms. The molecule has 26 heavy (non-hydrogen) atoms. The van der Waals surface area contributed by atoms with Gasteiger partial charge in [0.2, 0.25) is 10.0 Å². The number of sulfonamides is 2. The van der Waals surface area contributed by atoms with Crippen molar-refractivity contribution < 1.29 is 16.8 Å². The van der Waals surface area contributed by atoms with E-state index in [4.69, 9.17) is 0 Å². The topological polar surface area (TPSA) is 83.5 Å². The van der Waals surface area contributed by atoms with Crippen molar-refractivity contribution in [2.45, 2.75) is 37.0 Å². The molecule has 0 saturated carbocycles. The Morgan fingerprint density at radius 2 is 1.27 bits per heavy atom. The third-order valence-electron chi connectivity index (χ3n) is 4.09. The molecule has 8 heteroatoms. The maximum atomic E-state index is 12.5. The third kappa shape index (κ3) is 4.44. The summed E-state index contributed by atoms with van der Waals surface area (Å²) < 4.78 is 53.6. The average Bonchev–Trinajstić information content (AvgIpc) is 2.62. The van der Waals surface area contributed by atoms with E-state index in [0.29, 0.717) is 18.8 Å². The first-order valence-electron chi connectivity index (χ1n) is 8.46. The van der Waals surface area contributed by atoms with E-state index in [-0.39, 0.29) is 9.79 Å². The molecule has 0 radical (unpaired) electrons. The van der Waals surface area contributed by atoms with Gasteiger partial charge in [-0.25, -0.2) is 16.8 Å². The molecular formula is C18H24N2O4S2. The Bertz CT molecular complexity index is 932. The summed E-state index contributed by atoms with van der Waals surface area (Å²) in [5.74, 6) is 0. The van der Waals surface area contributed by atoms with Gasteiger partial charge in [0.15, 0.2) is 0 Å². The minimum Gasteiger partial charge on any atom is -0.280 e. The van der Waals surface area contributed by atoms with Crippen molar-refractivity contribution in [1.82, 2.24) is 4.31 Å². The molecule has 0 heterocycles. The Hall–Kier alpha value is -1.90. The van der Waals surface area contributed by atoms with Gasteiger partial charge in [-0.05, 0) is 48.4 Å². The predicted molar refractivity (Wildman–Crippen MR) is 103 cm³/mol. The number of nitrogens with one attached hydrogen (secondary N) is 1. The summed E-state index contributed by atoms with van der Waals surface area (Å²) in [5, 5.41) is 0. The Labute approximate surface area is 156 Å². The lowest BCUT2D eigenvalue weighted by Crippen LogP contribution is -2.30. The molecule has 1 N–H and O–H groups in total. The molecule has 0 aliphatic carbocycles. The van der Waals surface area contributed by atoms with Crippen LogP contribution in [0.2, 0.25) is 0 Å². The monoisotopic (exact) mass is 396 g/mol. The fourth-order valence-corrected chi connectivity index (χ4v) is 5.04. The van der Waals surface area contributed by atoms with Crippen molar-refractivity contribution in [3.63, 3.8) is 0 Å². The molecular weight excluding hydrogens is 372 g/mol. The zero-order chi connectivity index (χ0) is 19.4. The fraction of sp³-hybridized carbons (Fsp3) is 0.333. The highest BCUT2D eigenvalue weighted by atomic mass is 32.2. The summed E-state index contributed by atoms with van der Waals surface area (Å²) >= 11 is 0. The molecule has 142 valence electrons. The zero-order valence-corrected chi connectivity index (χ0v) is 16.8. The van der Waals surface area contributed by atoms with Gasteiger partial charge in [-0.2, -0.15) is 4.31 Å². The molecule has 0 aliphatic rings. The lowest BCUT2D eigenvalue weighted by molar-refractivity contribution is 0.445. The van der Waals surface area contributed by atoms with Crippen LogP contribution in [-0.4, -0.2) is 34.2 Å². The SMILES string of the molecule is CCc1ccc(S(=O)(=O)Nc2ccc(S(=O)(=O)N(CC)CC)cc2)cc1. The van der Waals surface area contributed by atoms with E-state index >= 15 is 0 Å². The summed E-state index contributed by atoms with van der Waals surface area (Å²) in [6.45, 7) is 6.29. The first-order chi connectivity index (χ1) is 12.2. The highest BCUT2D eigenvalue weighted by Gasteiger charge is 2.21. The summed E-state index contributed by atoms with van der Waals surface area (Å²) in [7, 11) is -7.29. The van der Waals surface area contributed by atoms with Gasteiger partial charge < -0.3 is 0 Å². The van der Waals surface area contributed by atoms with Gasteiger partial charge in [-0.3, -0.25) is 4.72 Å². The van der Waals surface area contributed by atoms with Gasteiger partial charge in [0.1, 0.15) is 0 Å². The number of aryl methyl sites for hydroxylation is 1. The smallest absolute Gasteiger partial charge is 0.261 e. The molecule has 0 atom stereocenters. The Morgan fingerprint density at radius 3 is 1.73 bits per heavy atom. The van der Waals surface area contributed by atoms with Crippen LogP contribution in [-0.2, 0) is 26.5 Å². The second-order valence-electron chi connectivity index (χ2n) is 5.72.